The number of nitrogens with zero attached hydrogens (tertiary/aromatic N) is 3. The largest absolute Gasteiger partial charge is 0.373 e. The fraction of sp³-hybridized carbons (Fsp3) is 0.257. The van der Waals surface area contributed by atoms with Crippen LogP contribution in [0, 0.1) is 24.0 Å². The molecule has 0 N–H and O–H groups in total. The molecule has 0 amide bonds. The smallest absolute Gasteiger partial charge is 0.289 e. The molecule has 0 aliphatic carbocycles. The number of ether oxygens (including phenoxy) is 1. The molecule has 0 saturated carbocycles. The van der Waals surface area contributed by atoms with Crippen molar-refractivity contribution < 1.29 is 26.5 Å². The molecule has 1 saturated heterocycles. The zero-order valence-corrected chi connectivity index (χ0v) is 27.5. The number of sulfonamides is 1. The summed E-state index contributed by atoms with van der Waals surface area (Å²) < 4.78 is 66.8. The van der Waals surface area contributed by atoms with Crippen LogP contribution in [-0.2, 0) is 36.7 Å². The third-order valence-electron chi connectivity index (χ3n) is 9.39. The van der Waals surface area contributed by atoms with Gasteiger partial charge in [0.2, 0.25) is 10.0 Å². The van der Waals surface area contributed by atoms with Crippen LogP contribution < -0.4 is 0 Å². The summed E-state index contributed by atoms with van der Waals surface area (Å²) in [5.41, 5.74) is 3.03. The zero-order chi connectivity index (χ0) is 33.1. The van der Waals surface area contributed by atoms with Crippen LogP contribution in [0.4, 0.5) is 5.69 Å². The van der Waals surface area contributed by atoms with Crippen molar-refractivity contribution >= 4 is 36.6 Å². The Hall–Kier alpha value is -4.36. The van der Waals surface area contributed by atoms with Crippen molar-refractivity contribution in [1.82, 2.24) is 8.28 Å². The molecule has 0 bridgehead atoms. The first-order valence-electron chi connectivity index (χ1n) is 15.3. The summed E-state index contributed by atoms with van der Waals surface area (Å²) in [5, 5.41) is 12.7. The highest BCUT2D eigenvalue weighted by atomic mass is 32.2. The van der Waals surface area contributed by atoms with E-state index >= 15 is 0 Å². The number of fused-ring (bicyclic) bond motifs is 4. The van der Waals surface area contributed by atoms with E-state index in [2.05, 4.69) is 0 Å². The van der Waals surface area contributed by atoms with Crippen LogP contribution in [0.3, 0.4) is 0 Å². The van der Waals surface area contributed by atoms with Gasteiger partial charge in [0.15, 0.2) is 4.90 Å². The van der Waals surface area contributed by atoms with Crippen LogP contribution in [0.2, 0.25) is 0 Å². The van der Waals surface area contributed by atoms with Gasteiger partial charge in [-0.05, 0) is 62.1 Å². The summed E-state index contributed by atoms with van der Waals surface area (Å²) in [6.45, 7) is 3.88. The molecule has 2 aliphatic heterocycles. The maximum absolute atomic E-state index is 14.5. The van der Waals surface area contributed by atoms with Gasteiger partial charge in [0.1, 0.15) is 0 Å². The first kappa shape index (κ1) is 31.3. The van der Waals surface area contributed by atoms with Gasteiger partial charge in [-0.25, -0.2) is 20.8 Å². The predicted molar refractivity (Wildman–Crippen MR) is 177 cm³/mol. The van der Waals surface area contributed by atoms with Gasteiger partial charge in [0.25, 0.3) is 15.7 Å². The van der Waals surface area contributed by atoms with Gasteiger partial charge in [-0.3, -0.25) is 10.1 Å². The Morgan fingerprint density at radius 1 is 0.851 bits per heavy atom. The minimum Gasteiger partial charge on any atom is -0.373 e. The third-order valence-corrected chi connectivity index (χ3v) is 13.0. The number of nitro benzene ring substituents is 1. The molecule has 12 heteroatoms. The Labute approximate surface area is 273 Å². The summed E-state index contributed by atoms with van der Waals surface area (Å²) in [6.07, 6.45) is 0.412. The number of hydrogen-bond acceptors (Lipinski definition) is 7. The number of nitro groups is 1. The van der Waals surface area contributed by atoms with Crippen LogP contribution in [0.25, 0.3) is 10.9 Å². The minimum atomic E-state index is -4.47. The molecule has 1 spiro atoms. The molecule has 242 valence electrons. The van der Waals surface area contributed by atoms with Gasteiger partial charge >= 0.3 is 0 Å². The van der Waals surface area contributed by atoms with E-state index < -0.39 is 41.0 Å². The molecule has 1 fully saturated rings. The number of aromatic nitrogens is 1. The topological polar surface area (TPSA) is 129 Å². The quantitative estimate of drug-likeness (QED) is 0.151. The van der Waals surface area contributed by atoms with Crippen molar-refractivity contribution in [1.29, 1.82) is 0 Å². The van der Waals surface area contributed by atoms with Crippen molar-refractivity contribution in [2.75, 3.05) is 13.2 Å². The molecule has 1 aromatic heterocycles. The van der Waals surface area contributed by atoms with Crippen LogP contribution in [0.15, 0.2) is 107 Å². The highest BCUT2D eigenvalue weighted by Gasteiger charge is 2.51. The van der Waals surface area contributed by atoms with E-state index in [1.165, 1.54) is 32.5 Å². The average Bonchev–Trinajstić information content (AvgIpc) is 3.41. The van der Waals surface area contributed by atoms with Crippen LogP contribution in [0.1, 0.15) is 46.9 Å². The molecule has 4 aromatic carbocycles. The van der Waals surface area contributed by atoms with Crippen molar-refractivity contribution in [2.24, 2.45) is 0 Å². The average molecular weight is 672 g/mol. The van der Waals surface area contributed by atoms with E-state index in [0.717, 1.165) is 27.6 Å². The molecule has 3 heterocycles. The van der Waals surface area contributed by atoms with Crippen LogP contribution in [-0.4, -0.2) is 43.2 Å². The summed E-state index contributed by atoms with van der Waals surface area (Å²) >= 11 is 0. The Kier molecular flexibility index (Phi) is 7.59. The molecule has 47 heavy (non-hydrogen) atoms. The monoisotopic (exact) mass is 671 g/mol. The molecule has 7 rings (SSSR count). The third kappa shape index (κ3) is 5.16. The van der Waals surface area contributed by atoms with Gasteiger partial charge < -0.3 is 4.74 Å². The second-order valence-electron chi connectivity index (χ2n) is 12.4. The first-order valence-corrected chi connectivity index (χ1v) is 18.2. The maximum Gasteiger partial charge on any atom is 0.289 e. The fourth-order valence-electron chi connectivity index (χ4n) is 7.23. The van der Waals surface area contributed by atoms with Gasteiger partial charge in [-0.15, -0.1) is 0 Å². The van der Waals surface area contributed by atoms with Gasteiger partial charge in [0.05, 0.1) is 33.7 Å². The predicted octanol–water partition coefficient (Wildman–Crippen LogP) is 6.40. The summed E-state index contributed by atoms with van der Waals surface area (Å²) in [5.74, 6) is 0. The van der Waals surface area contributed by atoms with Gasteiger partial charge in [-0.2, -0.15) is 4.31 Å². The maximum atomic E-state index is 14.5. The molecule has 5 aromatic rings. The minimum absolute atomic E-state index is 0.00134. The lowest BCUT2D eigenvalue weighted by molar-refractivity contribution is -0.387. The number of rotatable bonds is 6. The van der Waals surface area contributed by atoms with Crippen molar-refractivity contribution in [3.63, 3.8) is 0 Å². The summed E-state index contributed by atoms with van der Waals surface area (Å²) in [6, 6.07) is 27.0. The molecule has 0 radical (unpaired) electrons. The lowest BCUT2D eigenvalue weighted by Gasteiger charge is -2.47. The highest BCUT2D eigenvalue weighted by Crippen LogP contribution is 2.52. The van der Waals surface area contributed by atoms with Crippen molar-refractivity contribution in [3.8, 4) is 0 Å². The summed E-state index contributed by atoms with van der Waals surface area (Å²) in [7, 11) is -8.68. The van der Waals surface area contributed by atoms with E-state index in [-0.39, 0.29) is 24.1 Å². The molecule has 2 atom stereocenters. The molecular formula is C35H33N3O7S2. The standard InChI is InChI=1S/C35H33N3O7S2/c1-24-14-16-27(17-15-24)46(41,42)37-29-11-4-3-10-28(29)34-31(37)22-36(47(43,44)33-13-6-5-12-30(33)38(39)40)23-35(34)18-19-45-32(21-35)26-9-7-8-25(2)20-26/h3-17,20,32H,18-19,21-23H2,1-2H3. The van der Waals surface area contributed by atoms with Crippen molar-refractivity contribution in [2.45, 2.75) is 54.5 Å². The van der Waals surface area contributed by atoms with Gasteiger partial charge in [0, 0.05) is 30.0 Å². The van der Waals surface area contributed by atoms with Gasteiger partial charge in [-0.1, -0.05) is 77.9 Å². The van der Waals surface area contributed by atoms with E-state index in [4.69, 9.17) is 4.74 Å². The fourth-order valence-corrected chi connectivity index (χ4v) is 10.4. The molecular weight excluding hydrogens is 639 g/mol. The molecule has 10 nitrogen and oxygen atoms in total. The van der Waals surface area contributed by atoms with E-state index in [9.17, 15) is 26.9 Å². The summed E-state index contributed by atoms with van der Waals surface area (Å²) in [4.78, 5) is 10.9. The molecule has 2 unspecified atom stereocenters. The zero-order valence-electron chi connectivity index (χ0n) is 25.9. The normalized spacial score (nSPS) is 20.3. The van der Waals surface area contributed by atoms with Crippen molar-refractivity contribution in [3.05, 3.63) is 135 Å². The second kappa shape index (κ2) is 11.4. The number of para-hydroxylation sites is 2. The number of benzene rings is 4. The van der Waals surface area contributed by atoms with E-state index in [1.807, 2.05) is 50.2 Å². The Balaban J connectivity index is 1.49. The Morgan fingerprint density at radius 3 is 2.32 bits per heavy atom. The van der Waals surface area contributed by atoms with E-state index in [0.29, 0.717) is 30.7 Å². The number of hydrogen-bond donors (Lipinski definition) is 0. The molecule has 2 aliphatic rings. The van der Waals surface area contributed by atoms with Crippen LogP contribution >= 0.6 is 0 Å². The lowest BCUT2D eigenvalue weighted by atomic mass is 9.69. The van der Waals surface area contributed by atoms with E-state index in [1.54, 1.807) is 36.4 Å². The Morgan fingerprint density at radius 2 is 1.57 bits per heavy atom. The highest BCUT2D eigenvalue weighted by molar-refractivity contribution is 7.90. The van der Waals surface area contributed by atoms with Crippen LogP contribution in [0.5, 0.6) is 0 Å². The lowest BCUT2D eigenvalue weighted by Crippen LogP contribution is -2.51. The first-order chi connectivity index (χ1) is 22.4. The second-order valence-corrected chi connectivity index (χ2v) is 16.1. The Bertz CT molecular complexity index is 2260. The number of aryl methyl sites for hydroxylation is 2. The SMILES string of the molecule is Cc1ccc(S(=O)(=O)n2c3c(c4ccccc42)C2(CCOC(c4cccc(C)c4)C2)CN(S(=O)(=O)c2ccccc2[N+](=O)[O-])C3)cc1.